The van der Waals surface area contributed by atoms with Crippen LogP contribution in [0.1, 0.15) is 36.2 Å². The van der Waals surface area contributed by atoms with Crippen LogP contribution in [0.25, 0.3) is 0 Å². The highest BCUT2D eigenvalue weighted by molar-refractivity contribution is 6.32. The van der Waals surface area contributed by atoms with E-state index in [0.29, 0.717) is 60.9 Å². The first-order valence-electron chi connectivity index (χ1n) is 9.53. The van der Waals surface area contributed by atoms with Crippen LogP contribution in [0.15, 0.2) is 30.5 Å². The Morgan fingerprint density at radius 1 is 1.10 bits per heavy atom. The SMILES string of the molecule is CCCOc1c(Cl)cc(C(=O)NCc2ccc(OCCOC)nc2)cc1OCC. The van der Waals surface area contributed by atoms with Crippen LogP contribution in [0.5, 0.6) is 17.4 Å². The number of rotatable bonds is 12. The van der Waals surface area contributed by atoms with Crippen LogP contribution < -0.4 is 19.5 Å². The predicted molar refractivity (Wildman–Crippen MR) is 111 cm³/mol. The van der Waals surface area contributed by atoms with Gasteiger partial charge in [-0.3, -0.25) is 4.79 Å². The number of hydrogen-bond donors (Lipinski definition) is 1. The number of nitrogens with one attached hydrogen (secondary N) is 1. The van der Waals surface area contributed by atoms with Gasteiger partial charge in [-0.2, -0.15) is 0 Å². The molecular weight excluding hydrogens is 396 g/mol. The van der Waals surface area contributed by atoms with Crippen LogP contribution in [-0.2, 0) is 11.3 Å². The van der Waals surface area contributed by atoms with Gasteiger partial charge in [0.1, 0.15) is 6.61 Å². The first-order chi connectivity index (χ1) is 14.1. The summed E-state index contributed by atoms with van der Waals surface area (Å²) in [6.45, 7) is 6.06. The number of aromatic nitrogens is 1. The maximum absolute atomic E-state index is 12.6. The van der Waals surface area contributed by atoms with Gasteiger partial charge in [-0.1, -0.05) is 24.6 Å². The van der Waals surface area contributed by atoms with E-state index in [2.05, 4.69) is 10.3 Å². The minimum absolute atomic E-state index is 0.268. The predicted octanol–water partition coefficient (Wildman–Crippen LogP) is 3.88. The quantitative estimate of drug-likeness (QED) is 0.523. The third-order valence-electron chi connectivity index (χ3n) is 3.81. The monoisotopic (exact) mass is 422 g/mol. The molecule has 158 valence electrons. The Balaban J connectivity index is 2.01. The molecule has 29 heavy (non-hydrogen) atoms. The molecule has 0 saturated carbocycles. The molecule has 7 nitrogen and oxygen atoms in total. The number of carbonyl (C=O) groups excluding carboxylic acids is 1. The van der Waals surface area contributed by atoms with Gasteiger partial charge in [-0.25, -0.2) is 4.98 Å². The zero-order chi connectivity index (χ0) is 21.1. The first-order valence-corrected chi connectivity index (χ1v) is 9.90. The lowest BCUT2D eigenvalue weighted by Crippen LogP contribution is -2.23. The molecule has 0 aliphatic carbocycles. The van der Waals surface area contributed by atoms with Crippen LogP contribution in [-0.4, -0.2) is 44.4 Å². The molecule has 0 aliphatic heterocycles. The summed E-state index contributed by atoms with van der Waals surface area (Å²) >= 11 is 6.32. The summed E-state index contributed by atoms with van der Waals surface area (Å²) in [6, 6.07) is 6.81. The molecule has 2 rings (SSSR count). The number of ether oxygens (including phenoxy) is 4. The molecular formula is C21H27ClN2O5. The van der Waals surface area contributed by atoms with E-state index in [1.807, 2.05) is 19.9 Å². The molecule has 0 spiro atoms. The number of carbonyl (C=O) groups is 1. The van der Waals surface area contributed by atoms with Gasteiger partial charge in [0.15, 0.2) is 11.5 Å². The van der Waals surface area contributed by atoms with E-state index < -0.39 is 0 Å². The number of halogens is 1. The number of amides is 1. The lowest BCUT2D eigenvalue weighted by molar-refractivity contribution is 0.0950. The van der Waals surface area contributed by atoms with E-state index in [1.165, 1.54) is 0 Å². The Labute approximate surface area is 176 Å². The molecule has 1 heterocycles. The number of methoxy groups -OCH3 is 1. The molecule has 0 radical (unpaired) electrons. The summed E-state index contributed by atoms with van der Waals surface area (Å²) in [5, 5.41) is 3.19. The van der Waals surface area contributed by atoms with Crippen molar-refractivity contribution in [2.45, 2.75) is 26.8 Å². The molecule has 0 saturated heterocycles. The van der Waals surface area contributed by atoms with Crippen LogP contribution in [0.4, 0.5) is 0 Å². The first kappa shape index (κ1) is 22.8. The van der Waals surface area contributed by atoms with Crippen molar-refractivity contribution in [1.82, 2.24) is 10.3 Å². The Hall–Kier alpha value is -2.51. The fourth-order valence-electron chi connectivity index (χ4n) is 2.42. The van der Waals surface area contributed by atoms with Crippen molar-refractivity contribution in [2.24, 2.45) is 0 Å². The van der Waals surface area contributed by atoms with E-state index in [0.717, 1.165) is 12.0 Å². The van der Waals surface area contributed by atoms with Crippen molar-refractivity contribution >= 4 is 17.5 Å². The number of hydrogen-bond acceptors (Lipinski definition) is 6. The Morgan fingerprint density at radius 3 is 2.59 bits per heavy atom. The van der Waals surface area contributed by atoms with E-state index >= 15 is 0 Å². The maximum atomic E-state index is 12.6. The van der Waals surface area contributed by atoms with Crippen LogP contribution in [0, 0.1) is 0 Å². The Morgan fingerprint density at radius 2 is 1.93 bits per heavy atom. The highest BCUT2D eigenvalue weighted by Gasteiger charge is 2.16. The molecule has 0 atom stereocenters. The van der Waals surface area contributed by atoms with Crippen LogP contribution in [0.3, 0.4) is 0 Å². The van der Waals surface area contributed by atoms with E-state index in [1.54, 1.807) is 31.5 Å². The minimum atomic E-state index is -0.268. The van der Waals surface area contributed by atoms with E-state index in [4.69, 9.17) is 30.5 Å². The topological polar surface area (TPSA) is 78.9 Å². The second kappa shape index (κ2) is 12.1. The van der Waals surface area contributed by atoms with Crippen molar-refractivity contribution in [3.8, 4) is 17.4 Å². The smallest absolute Gasteiger partial charge is 0.251 e. The molecule has 1 aromatic heterocycles. The zero-order valence-corrected chi connectivity index (χ0v) is 17.8. The van der Waals surface area contributed by atoms with Crippen molar-refractivity contribution in [2.75, 3.05) is 33.5 Å². The normalized spacial score (nSPS) is 10.5. The van der Waals surface area contributed by atoms with Gasteiger partial charge in [0.2, 0.25) is 5.88 Å². The van der Waals surface area contributed by atoms with Crippen LogP contribution in [0.2, 0.25) is 5.02 Å². The van der Waals surface area contributed by atoms with Gasteiger partial charge >= 0.3 is 0 Å². The van der Waals surface area contributed by atoms with Gasteiger partial charge in [0.25, 0.3) is 5.91 Å². The lowest BCUT2D eigenvalue weighted by Gasteiger charge is -2.15. The Bertz CT molecular complexity index is 783. The van der Waals surface area contributed by atoms with Gasteiger partial charge in [-0.15, -0.1) is 0 Å². The molecule has 0 fully saturated rings. The zero-order valence-electron chi connectivity index (χ0n) is 17.0. The third-order valence-corrected chi connectivity index (χ3v) is 4.09. The summed E-state index contributed by atoms with van der Waals surface area (Å²) < 4.78 is 21.6. The fraction of sp³-hybridized carbons (Fsp3) is 0.429. The molecule has 1 aromatic carbocycles. The maximum Gasteiger partial charge on any atom is 0.251 e. The second-order valence-electron chi connectivity index (χ2n) is 6.10. The Kier molecular flexibility index (Phi) is 9.53. The van der Waals surface area contributed by atoms with Crippen molar-refractivity contribution in [1.29, 1.82) is 0 Å². The van der Waals surface area contributed by atoms with Crippen molar-refractivity contribution in [3.05, 3.63) is 46.6 Å². The molecule has 0 aliphatic rings. The van der Waals surface area contributed by atoms with E-state index in [-0.39, 0.29) is 5.91 Å². The largest absolute Gasteiger partial charge is 0.490 e. The summed E-state index contributed by atoms with van der Waals surface area (Å²) in [4.78, 5) is 16.8. The fourth-order valence-corrected chi connectivity index (χ4v) is 2.69. The molecule has 1 amide bonds. The average molecular weight is 423 g/mol. The summed E-state index contributed by atoms with van der Waals surface area (Å²) in [7, 11) is 1.61. The molecule has 1 N–H and O–H groups in total. The highest BCUT2D eigenvalue weighted by atomic mass is 35.5. The van der Waals surface area contributed by atoms with Crippen molar-refractivity contribution < 1.29 is 23.7 Å². The summed E-state index contributed by atoms with van der Waals surface area (Å²) in [5.74, 6) is 1.15. The van der Waals surface area contributed by atoms with Crippen LogP contribution >= 0.6 is 11.6 Å². The highest BCUT2D eigenvalue weighted by Crippen LogP contribution is 2.36. The lowest BCUT2D eigenvalue weighted by atomic mass is 10.1. The molecule has 0 bridgehead atoms. The van der Waals surface area contributed by atoms with Gasteiger partial charge in [0.05, 0.1) is 24.8 Å². The molecule has 0 unspecified atom stereocenters. The molecule has 2 aromatic rings. The van der Waals surface area contributed by atoms with Crippen molar-refractivity contribution in [3.63, 3.8) is 0 Å². The molecule has 8 heteroatoms. The minimum Gasteiger partial charge on any atom is -0.490 e. The number of benzene rings is 1. The van der Waals surface area contributed by atoms with Gasteiger partial charge in [0, 0.05) is 31.5 Å². The second-order valence-corrected chi connectivity index (χ2v) is 6.50. The summed E-state index contributed by atoms with van der Waals surface area (Å²) in [6.07, 6.45) is 2.50. The van der Waals surface area contributed by atoms with Gasteiger partial charge < -0.3 is 24.3 Å². The standard InChI is InChI=1S/C21H27ClN2O5/c1-4-8-29-20-17(22)11-16(12-18(20)27-5-2)21(25)24-14-15-6-7-19(23-13-15)28-10-9-26-3/h6-7,11-13H,4-5,8-10,14H2,1-3H3,(H,24,25). The average Bonchev–Trinajstić information content (AvgIpc) is 2.72. The number of pyridine rings is 1. The number of nitrogens with zero attached hydrogens (tertiary/aromatic N) is 1. The van der Waals surface area contributed by atoms with E-state index in [9.17, 15) is 4.79 Å². The van der Waals surface area contributed by atoms with Gasteiger partial charge in [-0.05, 0) is 31.0 Å². The third kappa shape index (κ3) is 7.11. The summed E-state index contributed by atoms with van der Waals surface area (Å²) in [5.41, 5.74) is 1.24.